The van der Waals surface area contributed by atoms with Crippen molar-refractivity contribution in [3.05, 3.63) is 41.7 Å². The Morgan fingerprint density at radius 1 is 1.27 bits per heavy atom. The van der Waals surface area contributed by atoms with Gasteiger partial charge in [-0.25, -0.2) is 15.6 Å². The number of amides is 2. The minimum atomic E-state index is -0.686. The van der Waals surface area contributed by atoms with E-state index >= 15 is 0 Å². The van der Waals surface area contributed by atoms with E-state index in [0.717, 1.165) is 43.4 Å². The van der Waals surface area contributed by atoms with Gasteiger partial charge in [-0.1, -0.05) is 12.1 Å². The number of aromatic amines is 1. The van der Waals surface area contributed by atoms with Crippen LogP contribution in [0.2, 0.25) is 0 Å². The molecule has 4 N–H and O–H groups in total. The Balaban J connectivity index is 1.64. The molecule has 1 saturated heterocycles. The molecular weight excluding hydrogens is 388 g/mol. The fraction of sp³-hybridized carbons (Fsp3) is 0.450. The maximum absolute atomic E-state index is 12.8. The van der Waals surface area contributed by atoms with Gasteiger partial charge in [0.05, 0.1) is 30.8 Å². The van der Waals surface area contributed by atoms with Gasteiger partial charge in [0.1, 0.15) is 11.3 Å². The minimum Gasteiger partial charge on any atom is -0.444 e. The molecule has 0 saturated carbocycles. The number of aromatic nitrogens is 2. The highest BCUT2D eigenvalue weighted by molar-refractivity contribution is 6.08. The van der Waals surface area contributed by atoms with Crippen LogP contribution in [0.3, 0.4) is 0 Å². The molecule has 1 aromatic heterocycles. The number of morpholine rings is 1. The fourth-order valence-electron chi connectivity index (χ4n) is 2.97. The highest BCUT2D eigenvalue weighted by atomic mass is 16.6. The first-order valence-corrected chi connectivity index (χ1v) is 9.74. The minimum absolute atomic E-state index is 0.0563. The Kier molecular flexibility index (Phi) is 6.70. The molecule has 1 aromatic carbocycles. The van der Waals surface area contributed by atoms with Crippen LogP contribution in [0, 0.1) is 0 Å². The number of benzene rings is 1. The number of ether oxygens (including phenoxy) is 2. The second-order valence-electron chi connectivity index (χ2n) is 8.02. The van der Waals surface area contributed by atoms with Gasteiger partial charge < -0.3 is 9.47 Å². The number of hydrazine groups is 1. The van der Waals surface area contributed by atoms with Crippen molar-refractivity contribution in [2.75, 3.05) is 36.6 Å². The third-order valence-corrected chi connectivity index (χ3v) is 4.43. The van der Waals surface area contributed by atoms with Gasteiger partial charge in [0.2, 0.25) is 0 Å². The molecule has 0 bridgehead atoms. The molecule has 3 rings (SSSR count). The molecule has 30 heavy (non-hydrogen) atoms. The number of nitrogens with two attached hydrogens (primary N) is 1. The van der Waals surface area contributed by atoms with Crippen LogP contribution in [-0.2, 0) is 16.0 Å². The molecule has 2 heterocycles. The number of rotatable bonds is 5. The van der Waals surface area contributed by atoms with Gasteiger partial charge in [0.25, 0.3) is 5.91 Å². The molecule has 2 amide bonds. The third-order valence-electron chi connectivity index (χ3n) is 4.43. The Morgan fingerprint density at radius 3 is 2.57 bits per heavy atom. The van der Waals surface area contributed by atoms with Crippen molar-refractivity contribution in [2.45, 2.75) is 32.9 Å². The maximum atomic E-state index is 12.8. The maximum Gasteiger partial charge on any atom is 0.412 e. The number of nitrogens with one attached hydrogen (secondary N) is 2. The van der Waals surface area contributed by atoms with Crippen LogP contribution in [0.4, 0.5) is 16.2 Å². The zero-order chi connectivity index (χ0) is 21.7. The Hall–Kier alpha value is -2.95. The number of hydrogen-bond acceptors (Lipinski definition) is 7. The summed E-state index contributed by atoms with van der Waals surface area (Å²) in [5.74, 6) is 5.49. The van der Waals surface area contributed by atoms with Crippen LogP contribution in [-0.4, -0.2) is 59.0 Å². The molecule has 1 fully saturated rings. The number of carbonyl (C=O) groups is 2. The largest absolute Gasteiger partial charge is 0.444 e. The van der Waals surface area contributed by atoms with Crippen molar-refractivity contribution >= 4 is 23.4 Å². The molecule has 0 aliphatic carbocycles. The molecule has 10 heteroatoms. The summed E-state index contributed by atoms with van der Waals surface area (Å²) in [6.45, 7) is 9.34. The van der Waals surface area contributed by atoms with Gasteiger partial charge in [-0.15, -0.1) is 0 Å². The average Bonchev–Trinajstić information content (AvgIpc) is 3.14. The summed E-state index contributed by atoms with van der Waals surface area (Å²) in [6, 6.07) is 7.44. The topological polar surface area (TPSA) is 126 Å². The van der Waals surface area contributed by atoms with Crippen molar-refractivity contribution < 1.29 is 19.1 Å². The molecule has 0 radical (unpaired) electrons. The van der Waals surface area contributed by atoms with E-state index in [1.165, 1.54) is 6.20 Å². The summed E-state index contributed by atoms with van der Waals surface area (Å²) >= 11 is 0. The molecule has 10 nitrogen and oxygen atoms in total. The average molecular weight is 416 g/mol. The molecule has 0 unspecified atom stereocenters. The Morgan fingerprint density at radius 2 is 1.93 bits per heavy atom. The smallest absolute Gasteiger partial charge is 0.412 e. The highest BCUT2D eigenvalue weighted by Gasteiger charge is 2.23. The van der Waals surface area contributed by atoms with E-state index in [1.807, 2.05) is 12.1 Å². The Labute approximate surface area is 175 Å². The number of H-pyrrole nitrogens is 1. The normalized spacial score (nSPS) is 14.9. The molecule has 1 aliphatic rings. The fourth-order valence-corrected chi connectivity index (χ4v) is 2.97. The van der Waals surface area contributed by atoms with Crippen molar-refractivity contribution in [2.24, 2.45) is 5.84 Å². The van der Waals surface area contributed by atoms with Gasteiger partial charge in [-0.05, 0) is 38.5 Å². The van der Waals surface area contributed by atoms with Gasteiger partial charge in [0.15, 0.2) is 0 Å². The van der Waals surface area contributed by atoms with E-state index in [4.69, 9.17) is 15.3 Å². The first kappa shape index (κ1) is 21.8. The Bertz CT molecular complexity index is 868. The van der Waals surface area contributed by atoms with Gasteiger partial charge in [-0.3, -0.25) is 20.1 Å². The van der Waals surface area contributed by atoms with Crippen LogP contribution < -0.4 is 16.2 Å². The number of nitrogens with zero attached hydrogens (tertiary/aromatic N) is 3. The lowest BCUT2D eigenvalue weighted by molar-refractivity contribution is 0.0342. The number of anilines is 2. The van der Waals surface area contributed by atoms with E-state index in [9.17, 15) is 9.59 Å². The van der Waals surface area contributed by atoms with E-state index in [2.05, 4.69) is 20.4 Å². The monoisotopic (exact) mass is 416 g/mol. The SMILES string of the molecule is CC(C)(C)OC(=O)Nc1cn[nH]c1C(=O)N(N)c1ccc(CN2CCOCC2)cc1. The highest BCUT2D eigenvalue weighted by Crippen LogP contribution is 2.20. The molecule has 162 valence electrons. The molecular formula is C20H28N6O4. The van der Waals surface area contributed by atoms with E-state index in [0.29, 0.717) is 5.69 Å². The predicted molar refractivity (Wildman–Crippen MR) is 112 cm³/mol. The first-order chi connectivity index (χ1) is 14.2. The van der Waals surface area contributed by atoms with Crippen molar-refractivity contribution in [3.63, 3.8) is 0 Å². The lowest BCUT2D eigenvalue weighted by Gasteiger charge is -2.26. The predicted octanol–water partition coefficient (Wildman–Crippen LogP) is 2.11. The number of hydrogen-bond donors (Lipinski definition) is 3. The van der Waals surface area contributed by atoms with Crippen LogP contribution >= 0.6 is 0 Å². The van der Waals surface area contributed by atoms with Crippen molar-refractivity contribution in [1.82, 2.24) is 15.1 Å². The quantitative estimate of drug-likeness (QED) is 0.387. The summed E-state index contributed by atoms with van der Waals surface area (Å²) < 4.78 is 10.6. The summed E-state index contributed by atoms with van der Waals surface area (Å²) in [5.41, 5.74) is 1.22. The first-order valence-electron chi connectivity index (χ1n) is 9.74. The van der Waals surface area contributed by atoms with Crippen LogP contribution in [0.1, 0.15) is 36.8 Å². The van der Waals surface area contributed by atoms with Crippen LogP contribution in [0.25, 0.3) is 0 Å². The number of carbonyl (C=O) groups excluding carboxylic acids is 2. The second-order valence-corrected chi connectivity index (χ2v) is 8.02. The van der Waals surface area contributed by atoms with Crippen molar-refractivity contribution in [3.8, 4) is 0 Å². The molecule has 1 aliphatic heterocycles. The summed E-state index contributed by atoms with van der Waals surface area (Å²) in [5, 5.41) is 9.94. The summed E-state index contributed by atoms with van der Waals surface area (Å²) in [4.78, 5) is 27.1. The van der Waals surface area contributed by atoms with E-state index < -0.39 is 17.6 Å². The molecule has 2 aromatic rings. The summed E-state index contributed by atoms with van der Waals surface area (Å²) in [7, 11) is 0. The van der Waals surface area contributed by atoms with Gasteiger partial charge in [0, 0.05) is 19.6 Å². The van der Waals surface area contributed by atoms with E-state index in [1.54, 1.807) is 32.9 Å². The van der Waals surface area contributed by atoms with Crippen LogP contribution in [0.5, 0.6) is 0 Å². The van der Waals surface area contributed by atoms with Gasteiger partial charge in [-0.2, -0.15) is 5.10 Å². The zero-order valence-corrected chi connectivity index (χ0v) is 17.5. The van der Waals surface area contributed by atoms with Crippen molar-refractivity contribution in [1.29, 1.82) is 0 Å². The lowest BCUT2D eigenvalue weighted by atomic mass is 10.2. The lowest BCUT2D eigenvalue weighted by Crippen LogP contribution is -2.38. The third kappa shape index (κ3) is 5.78. The summed E-state index contributed by atoms with van der Waals surface area (Å²) in [6.07, 6.45) is 0.644. The van der Waals surface area contributed by atoms with Crippen LogP contribution in [0.15, 0.2) is 30.5 Å². The van der Waals surface area contributed by atoms with Gasteiger partial charge >= 0.3 is 6.09 Å². The second kappa shape index (κ2) is 9.24. The molecule has 0 spiro atoms. The molecule has 0 atom stereocenters. The standard InChI is InChI=1S/C20H28N6O4/c1-20(2,3)30-19(28)23-16-12-22-24-17(16)18(27)26(21)15-6-4-14(5-7-15)13-25-8-10-29-11-9-25/h4-7,12H,8-11,13,21H2,1-3H3,(H,22,24)(H,23,28). The zero-order valence-electron chi connectivity index (χ0n) is 17.5. The van der Waals surface area contributed by atoms with E-state index in [-0.39, 0.29) is 11.4 Å².